The van der Waals surface area contributed by atoms with Gasteiger partial charge in [0.15, 0.2) is 5.82 Å². The SMILES string of the molecule is FC(F)(F)C(F)(F)c1ccc2nc(N3CCNCC3)c3ncccc3c2c1. The molecular weight excluding hydrogens is 367 g/mol. The Morgan fingerprint density at radius 3 is 2.41 bits per heavy atom. The van der Waals surface area contributed by atoms with Crippen LogP contribution in [0.1, 0.15) is 5.56 Å². The van der Waals surface area contributed by atoms with Gasteiger partial charge in [-0.15, -0.1) is 0 Å². The van der Waals surface area contributed by atoms with E-state index in [1.807, 2.05) is 4.90 Å². The van der Waals surface area contributed by atoms with Crippen LogP contribution in [0.2, 0.25) is 0 Å². The Morgan fingerprint density at radius 2 is 1.70 bits per heavy atom. The summed E-state index contributed by atoms with van der Waals surface area (Å²) in [6.45, 7) is 2.94. The maximum Gasteiger partial charge on any atom is 0.458 e. The number of hydrogen-bond acceptors (Lipinski definition) is 4. The molecule has 0 spiro atoms. The van der Waals surface area contributed by atoms with Crippen molar-refractivity contribution >= 4 is 27.6 Å². The minimum Gasteiger partial charge on any atom is -0.352 e. The van der Waals surface area contributed by atoms with Crippen molar-refractivity contribution in [1.29, 1.82) is 0 Å². The number of anilines is 1. The summed E-state index contributed by atoms with van der Waals surface area (Å²) in [5.41, 5.74) is -0.269. The van der Waals surface area contributed by atoms with E-state index in [0.717, 1.165) is 25.2 Å². The van der Waals surface area contributed by atoms with E-state index >= 15 is 0 Å². The lowest BCUT2D eigenvalue weighted by atomic mass is 10.0. The first-order valence-corrected chi connectivity index (χ1v) is 8.38. The van der Waals surface area contributed by atoms with Crippen molar-refractivity contribution in [1.82, 2.24) is 15.3 Å². The number of halogens is 5. The molecule has 1 aromatic carbocycles. The van der Waals surface area contributed by atoms with Crippen LogP contribution in [0.4, 0.5) is 27.8 Å². The highest BCUT2D eigenvalue weighted by atomic mass is 19.4. The Kier molecular flexibility index (Phi) is 4.14. The predicted molar refractivity (Wildman–Crippen MR) is 92.1 cm³/mol. The highest BCUT2D eigenvalue weighted by molar-refractivity contribution is 6.08. The second kappa shape index (κ2) is 6.26. The van der Waals surface area contributed by atoms with Gasteiger partial charge in [-0.1, -0.05) is 12.1 Å². The zero-order chi connectivity index (χ0) is 19.2. The molecule has 0 atom stereocenters. The molecule has 1 N–H and O–H groups in total. The number of nitrogens with zero attached hydrogens (tertiary/aromatic N) is 3. The summed E-state index contributed by atoms with van der Waals surface area (Å²) in [5.74, 6) is -4.33. The quantitative estimate of drug-likeness (QED) is 0.540. The Labute approximate surface area is 151 Å². The molecule has 1 saturated heterocycles. The van der Waals surface area contributed by atoms with Gasteiger partial charge in [-0.25, -0.2) is 4.98 Å². The standard InChI is InChI=1S/C18H15F5N4/c19-17(20,18(21,22)23)11-3-4-14-13(10-11)12-2-1-5-25-15(12)16(26-14)27-8-6-24-7-9-27/h1-5,10,24H,6-9H2. The molecule has 4 nitrogen and oxygen atoms in total. The highest BCUT2D eigenvalue weighted by Crippen LogP contribution is 2.45. The zero-order valence-electron chi connectivity index (χ0n) is 14.0. The molecule has 0 amide bonds. The molecule has 1 aliphatic rings. The third kappa shape index (κ3) is 2.95. The fraction of sp³-hybridized carbons (Fsp3) is 0.333. The van der Waals surface area contributed by atoms with Crippen LogP contribution in [0.25, 0.3) is 21.8 Å². The van der Waals surface area contributed by atoms with E-state index < -0.39 is 17.7 Å². The second-order valence-corrected chi connectivity index (χ2v) is 6.38. The van der Waals surface area contributed by atoms with Crippen LogP contribution in [0.5, 0.6) is 0 Å². The van der Waals surface area contributed by atoms with Gasteiger partial charge in [0.05, 0.1) is 5.52 Å². The van der Waals surface area contributed by atoms with Crippen LogP contribution in [-0.4, -0.2) is 42.3 Å². The van der Waals surface area contributed by atoms with Crippen molar-refractivity contribution < 1.29 is 22.0 Å². The minimum atomic E-state index is -5.66. The molecule has 27 heavy (non-hydrogen) atoms. The van der Waals surface area contributed by atoms with E-state index in [9.17, 15) is 22.0 Å². The van der Waals surface area contributed by atoms with Gasteiger partial charge in [-0.3, -0.25) is 4.98 Å². The van der Waals surface area contributed by atoms with Crippen molar-refractivity contribution in [2.75, 3.05) is 31.1 Å². The summed E-state index contributed by atoms with van der Waals surface area (Å²) in [5, 5.41) is 3.95. The van der Waals surface area contributed by atoms with E-state index in [1.165, 1.54) is 6.07 Å². The fourth-order valence-electron chi connectivity index (χ4n) is 3.27. The van der Waals surface area contributed by atoms with Crippen LogP contribution in [0, 0.1) is 0 Å². The summed E-state index contributed by atoms with van der Waals surface area (Å²) in [7, 11) is 0. The zero-order valence-corrected chi connectivity index (χ0v) is 14.0. The van der Waals surface area contributed by atoms with Gasteiger partial charge < -0.3 is 10.2 Å². The average molecular weight is 382 g/mol. The molecule has 3 aromatic rings. The van der Waals surface area contributed by atoms with Gasteiger partial charge in [0, 0.05) is 48.7 Å². The number of rotatable bonds is 2. The molecule has 2 aromatic heterocycles. The first-order valence-electron chi connectivity index (χ1n) is 8.38. The van der Waals surface area contributed by atoms with Gasteiger partial charge in [-0.2, -0.15) is 22.0 Å². The van der Waals surface area contributed by atoms with Crippen LogP contribution in [-0.2, 0) is 5.92 Å². The number of pyridine rings is 2. The molecule has 4 rings (SSSR count). The van der Waals surface area contributed by atoms with Crippen molar-refractivity contribution in [3.63, 3.8) is 0 Å². The third-order valence-electron chi connectivity index (χ3n) is 4.67. The summed E-state index contributed by atoms with van der Waals surface area (Å²) in [6, 6.07) is 6.14. The van der Waals surface area contributed by atoms with Crippen LogP contribution >= 0.6 is 0 Å². The number of piperazine rings is 1. The van der Waals surface area contributed by atoms with E-state index in [4.69, 9.17) is 0 Å². The lowest BCUT2D eigenvalue weighted by Gasteiger charge is -2.29. The topological polar surface area (TPSA) is 41.1 Å². The van der Waals surface area contributed by atoms with Crippen molar-refractivity contribution in [2.45, 2.75) is 12.1 Å². The lowest BCUT2D eigenvalue weighted by Crippen LogP contribution is -2.44. The van der Waals surface area contributed by atoms with E-state index in [0.29, 0.717) is 35.3 Å². The molecular formula is C18H15F5N4. The smallest absolute Gasteiger partial charge is 0.352 e. The molecule has 0 aliphatic carbocycles. The van der Waals surface area contributed by atoms with Crippen LogP contribution in [0.3, 0.4) is 0 Å². The first-order chi connectivity index (χ1) is 12.8. The summed E-state index contributed by atoms with van der Waals surface area (Å²) in [4.78, 5) is 10.9. The minimum absolute atomic E-state index is 0.221. The lowest BCUT2D eigenvalue weighted by molar-refractivity contribution is -0.289. The number of alkyl halides is 5. The normalized spacial score (nSPS) is 16.3. The number of fused-ring (bicyclic) bond motifs is 3. The van der Waals surface area contributed by atoms with Crippen molar-refractivity contribution in [2.24, 2.45) is 0 Å². The number of hydrogen-bond donors (Lipinski definition) is 1. The Morgan fingerprint density at radius 1 is 0.963 bits per heavy atom. The van der Waals surface area contributed by atoms with E-state index in [1.54, 1.807) is 18.3 Å². The second-order valence-electron chi connectivity index (χ2n) is 6.38. The third-order valence-corrected chi connectivity index (χ3v) is 4.67. The van der Waals surface area contributed by atoms with Gasteiger partial charge in [0.2, 0.25) is 0 Å². The summed E-state index contributed by atoms with van der Waals surface area (Å²) < 4.78 is 65.8. The molecule has 0 saturated carbocycles. The molecule has 3 heterocycles. The Balaban J connectivity index is 1.94. The van der Waals surface area contributed by atoms with Gasteiger partial charge in [0.1, 0.15) is 5.52 Å². The monoisotopic (exact) mass is 382 g/mol. The summed E-state index contributed by atoms with van der Waals surface area (Å²) >= 11 is 0. The molecule has 142 valence electrons. The molecule has 0 radical (unpaired) electrons. The van der Waals surface area contributed by atoms with Gasteiger partial charge in [-0.05, 0) is 18.2 Å². The van der Waals surface area contributed by atoms with Crippen molar-refractivity contribution in [3.05, 3.63) is 42.1 Å². The summed E-state index contributed by atoms with van der Waals surface area (Å²) in [6.07, 6.45) is -4.11. The molecule has 1 fully saturated rings. The maximum absolute atomic E-state index is 13.8. The van der Waals surface area contributed by atoms with Gasteiger partial charge in [0.25, 0.3) is 0 Å². The number of nitrogens with one attached hydrogen (secondary N) is 1. The highest BCUT2D eigenvalue weighted by Gasteiger charge is 2.58. The molecule has 1 aliphatic heterocycles. The largest absolute Gasteiger partial charge is 0.458 e. The number of benzene rings is 1. The Hall–Kier alpha value is -2.55. The van der Waals surface area contributed by atoms with Gasteiger partial charge >= 0.3 is 12.1 Å². The Bertz CT molecular complexity index is 996. The van der Waals surface area contributed by atoms with Crippen molar-refractivity contribution in [3.8, 4) is 0 Å². The first kappa shape index (κ1) is 17.8. The molecule has 0 bridgehead atoms. The maximum atomic E-state index is 13.8. The van der Waals surface area contributed by atoms with Crippen LogP contribution < -0.4 is 10.2 Å². The molecule has 0 unspecified atom stereocenters. The van der Waals surface area contributed by atoms with E-state index in [2.05, 4.69) is 15.3 Å². The number of aromatic nitrogens is 2. The van der Waals surface area contributed by atoms with E-state index in [-0.39, 0.29) is 5.39 Å². The average Bonchev–Trinajstić information content (AvgIpc) is 2.66. The van der Waals surface area contributed by atoms with Crippen LogP contribution in [0.15, 0.2) is 36.5 Å². The predicted octanol–water partition coefficient (Wildman–Crippen LogP) is 3.85. The molecule has 9 heteroatoms. The fourth-order valence-corrected chi connectivity index (χ4v) is 3.27.